The molecule has 0 fully saturated rings. The quantitative estimate of drug-likeness (QED) is 0.748. The highest BCUT2D eigenvalue weighted by Crippen LogP contribution is 2.21. The molecule has 2 atom stereocenters. The van der Waals surface area contributed by atoms with Gasteiger partial charge in [0.15, 0.2) is 0 Å². The summed E-state index contributed by atoms with van der Waals surface area (Å²) in [6.07, 6.45) is 0.326. The van der Waals surface area contributed by atoms with Gasteiger partial charge < -0.3 is 16.2 Å². The first kappa shape index (κ1) is 17.2. The summed E-state index contributed by atoms with van der Waals surface area (Å²) in [6.45, 7) is 5.68. The van der Waals surface area contributed by atoms with Gasteiger partial charge in [-0.05, 0) is 17.4 Å². The Morgan fingerprint density at radius 3 is 2.29 bits per heavy atom. The smallest absolute Gasteiger partial charge is 0.303 e. The number of nitrogens with two attached hydrogens (primary N) is 1. The van der Waals surface area contributed by atoms with Crippen molar-refractivity contribution in [2.24, 2.45) is 11.1 Å². The summed E-state index contributed by atoms with van der Waals surface area (Å²) in [4.78, 5) is 23.0. The summed E-state index contributed by atoms with van der Waals surface area (Å²) < 4.78 is 0. The standard InChI is InChI=1S/C16H24N2O3/c1-16(2,3)14(17)15(21)18-12(9-10-13(19)20)11-7-5-4-6-8-11/h4-8,12,14H,9-10,17H2,1-3H3,(H,18,21)(H,19,20). The molecule has 0 radical (unpaired) electrons. The van der Waals surface area contributed by atoms with Gasteiger partial charge in [0.05, 0.1) is 12.1 Å². The normalized spacial score (nSPS) is 14.3. The molecule has 0 saturated carbocycles. The van der Waals surface area contributed by atoms with Gasteiger partial charge >= 0.3 is 5.97 Å². The van der Waals surface area contributed by atoms with Crippen LogP contribution in [0.25, 0.3) is 0 Å². The van der Waals surface area contributed by atoms with Crippen molar-refractivity contribution in [2.45, 2.75) is 45.7 Å². The van der Waals surface area contributed by atoms with E-state index in [0.717, 1.165) is 5.56 Å². The molecule has 0 spiro atoms. The SMILES string of the molecule is CC(C)(C)C(N)C(=O)NC(CCC(=O)O)c1ccccc1. The average molecular weight is 292 g/mol. The van der Waals surface area contributed by atoms with Crippen molar-refractivity contribution in [3.8, 4) is 0 Å². The molecule has 1 amide bonds. The van der Waals surface area contributed by atoms with Crippen molar-refractivity contribution in [1.82, 2.24) is 5.32 Å². The topological polar surface area (TPSA) is 92.4 Å². The molecule has 2 unspecified atom stereocenters. The van der Waals surface area contributed by atoms with Crippen LogP contribution in [0.1, 0.15) is 45.2 Å². The van der Waals surface area contributed by atoms with Crippen molar-refractivity contribution in [3.63, 3.8) is 0 Å². The van der Waals surface area contributed by atoms with Gasteiger partial charge in [0.2, 0.25) is 5.91 Å². The Morgan fingerprint density at radius 1 is 1.24 bits per heavy atom. The van der Waals surface area contributed by atoms with Crippen LogP contribution in [0.15, 0.2) is 30.3 Å². The summed E-state index contributed by atoms with van der Waals surface area (Å²) >= 11 is 0. The number of carboxylic acid groups (broad SMARTS) is 1. The summed E-state index contributed by atoms with van der Waals surface area (Å²) in [5, 5.41) is 11.7. The molecule has 4 N–H and O–H groups in total. The Balaban J connectivity index is 2.83. The first-order valence-corrected chi connectivity index (χ1v) is 7.04. The molecule has 0 aliphatic rings. The Hall–Kier alpha value is -1.88. The van der Waals surface area contributed by atoms with E-state index < -0.39 is 12.0 Å². The van der Waals surface area contributed by atoms with Crippen molar-refractivity contribution in [2.75, 3.05) is 0 Å². The van der Waals surface area contributed by atoms with Crippen LogP contribution in [0.5, 0.6) is 0 Å². The Bertz CT molecular complexity index is 480. The molecule has 1 rings (SSSR count). The van der Waals surface area contributed by atoms with Crippen LogP contribution in [0, 0.1) is 5.41 Å². The highest BCUT2D eigenvalue weighted by atomic mass is 16.4. The van der Waals surface area contributed by atoms with Crippen LogP contribution < -0.4 is 11.1 Å². The first-order chi connectivity index (χ1) is 9.71. The number of rotatable bonds is 6. The zero-order valence-electron chi connectivity index (χ0n) is 12.8. The van der Waals surface area contributed by atoms with Crippen molar-refractivity contribution in [3.05, 3.63) is 35.9 Å². The van der Waals surface area contributed by atoms with Crippen LogP contribution in [-0.2, 0) is 9.59 Å². The highest BCUT2D eigenvalue weighted by molar-refractivity contribution is 5.82. The lowest BCUT2D eigenvalue weighted by Gasteiger charge is -2.28. The van der Waals surface area contributed by atoms with E-state index in [-0.39, 0.29) is 23.8 Å². The van der Waals surface area contributed by atoms with Crippen molar-refractivity contribution >= 4 is 11.9 Å². The largest absolute Gasteiger partial charge is 0.481 e. The minimum absolute atomic E-state index is 0.00933. The van der Waals surface area contributed by atoms with Gasteiger partial charge in [0.1, 0.15) is 0 Å². The molecule has 1 aromatic carbocycles. The van der Waals surface area contributed by atoms with Gasteiger partial charge in [0.25, 0.3) is 0 Å². The van der Waals surface area contributed by atoms with Gasteiger partial charge in [-0.1, -0.05) is 51.1 Å². The molecular weight excluding hydrogens is 268 g/mol. The van der Waals surface area contributed by atoms with Gasteiger partial charge in [-0.3, -0.25) is 9.59 Å². The number of benzene rings is 1. The molecule has 116 valence electrons. The van der Waals surface area contributed by atoms with Gasteiger partial charge in [-0.25, -0.2) is 0 Å². The van der Waals surface area contributed by atoms with E-state index in [0.29, 0.717) is 6.42 Å². The Kier molecular flexibility index (Phi) is 5.90. The zero-order chi connectivity index (χ0) is 16.0. The predicted molar refractivity (Wildman–Crippen MR) is 81.6 cm³/mol. The lowest BCUT2D eigenvalue weighted by Crippen LogP contribution is -2.49. The first-order valence-electron chi connectivity index (χ1n) is 7.04. The number of hydrogen-bond donors (Lipinski definition) is 3. The van der Waals surface area contributed by atoms with Crippen LogP contribution >= 0.6 is 0 Å². The van der Waals surface area contributed by atoms with E-state index in [1.54, 1.807) is 0 Å². The van der Waals surface area contributed by atoms with Gasteiger partial charge in [0, 0.05) is 6.42 Å². The molecule has 5 heteroatoms. The zero-order valence-corrected chi connectivity index (χ0v) is 12.8. The summed E-state index contributed by atoms with van der Waals surface area (Å²) in [6, 6.07) is 8.35. The predicted octanol–water partition coefficient (Wildman–Crippen LogP) is 2.08. The number of amides is 1. The number of carbonyl (C=O) groups excluding carboxylic acids is 1. The van der Waals surface area contributed by atoms with E-state index in [1.807, 2.05) is 51.1 Å². The number of hydrogen-bond acceptors (Lipinski definition) is 3. The van der Waals surface area contributed by atoms with E-state index in [2.05, 4.69) is 5.32 Å². The molecule has 0 aliphatic carbocycles. The van der Waals surface area contributed by atoms with Gasteiger partial charge in [-0.2, -0.15) is 0 Å². The average Bonchev–Trinajstić information content (AvgIpc) is 2.42. The van der Waals surface area contributed by atoms with E-state index in [1.165, 1.54) is 0 Å². The molecule has 0 bridgehead atoms. The third-order valence-electron chi connectivity index (χ3n) is 3.38. The molecule has 0 aliphatic heterocycles. The Morgan fingerprint density at radius 2 is 1.81 bits per heavy atom. The number of nitrogens with one attached hydrogen (secondary N) is 1. The fourth-order valence-corrected chi connectivity index (χ4v) is 1.93. The van der Waals surface area contributed by atoms with Crippen LogP contribution in [0.3, 0.4) is 0 Å². The minimum Gasteiger partial charge on any atom is -0.481 e. The maximum atomic E-state index is 12.2. The third kappa shape index (κ3) is 5.55. The van der Waals surface area contributed by atoms with E-state index in [4.69, 9.17) is 10.8 Å². The molecule has 5 nitrogen and oxygen atoms in total. The third-order valence-corrected chi connectivity index (χ3v) is 3.38. The van der Waals surface area contributed by atoms with Crippen LogP contribution in [0.2, 0.25) is 0 Å². The second-order valence-corrected chi connectivity index (χ2v) is 6.25. The van der Waals surface area contributed by atoms with Crippen LogP contribution in [0.4, 0.5) is 0 Å². The van der Waals surface area contributed by atoms with Crippen molar-refractivity contribution in [1.29, 1.82) is 0 Å². The summed E-state index contributed by atoms with van der Waals surface area (Å²) in [5.41, 5.74) is 6.48. The van der Waals surface area contributed by atoms with Gasteiger partial charge in [-0.15, -0.1) is 0 Å². The second kappa shape index (κ2) is 7.22. The molecular formula is C16H24N2O3. The monoisotopic (exact) mass is 292 g/mol. The molecule has 21 heavy (non-hydrogen) atoms. The van der Waals surface area contributed by atoms with Crippen molar-refractivity contribution < 1.29 is 14.7 Å². The lowest BCUT2D eigenvalue weighted by molar-refractivity contribution is -0.137. The molecule has 1 aromatic rings. The highest BCUT2D eigenvalue weighted by Gasteiger charge is 2.29. The minimum atomic E-state index is -0.884. The molecule has 0 saturated heterocycles. The Labute approximate surface area is 125 Å². The fourth-order valence-electron chi connectivity index (χ4n) is 1.93. The number of aliphatic carboxylic acids is 1. The number of carboxylic acids is 1. The van der Waals surface area contributed by atoms with E-state index >= 15 is 0 Å². The summed E-state index contributed by atoms with van der Waals surface area (Å²) in [7, 11) is 0. The lowest BCUT2D eigenvalue weighted by atomic mass is 9.86. The maximum Gasteiger partial charge on any atom is 0.303 e. The second-order valence-electron chi connectivity index (χ2n) is 6.25. The fraction of sp³-hybridized carbons (Fsp3) is 0.500. The maximum absolute atomic E-state index is 12.2. The number of carbonyl (C=O) groups is 2. The molecule has 0 heterocycles. The van der Waals surface area contributed by atoms with Crippen LogP contribution in [-0.4, -0.2) is 23.0 Å². The molecule has 0 aromatic heterocycles. The van der Waals surface area contributed by atoms with E-state index in [9.17, 15) is 9.59 Å². The summed E-state index contributed by atoms with van der Waals surface area (Å²) in [5.74, 6) is -1.15.